The number of hydrogen-bond acceptors (Lipinski definition) is 6. The minimum atomic E-state index is -3.78. The molecular weight excluding hydrogens is 320 g/mol. The smallest absolute Gasteiger partial charge is 0.262 e. The van der Waals surface area contributed by atoms with E-state index >= 15 is 0 Å². The SMILES string of the molecule is O=S(=O)(Nc1cccn2cnnc12)c1ccc2c(c1)OCCO2. The lowest BCUT2D eigenvalue weighted by Gasteiger charge is -2.19. The third-order valence-electron chi connectivity index (χ3n) is 3.39. The molecule has 3 heterocycles. The zero-order valence-electron chi connectivity index (χ0n) is 11.8. The van der Waals surface area contributed by atoms with E-state index in [1.165, 1.54) is 18.5 Å². The zero-order chi connectivity index (χ0) is 15.9. The van der Waals surface area contributed by atoms with Gasteiger partial charge in [0.25, 0.3) is 10.0 Å². The van der Waals surface area contributed by atoms with E-state index in [0.717, 1.165) is 0 Å². The molecule has 23 heavy (non-hydrogen) atoms. The highest BCUT2D eigenvalue weighted by molar-refractivity contribution is 7.92. The molecular formula is C14H12N4O4S. The van der Waals surface area contributed by atoms with Crippen LogP contribution in [0.1, 0.15) is 0 Å². The highest BCUT2D eigenvalue weighted by Gasteiger charge is 2.20. The standard InChI is InChI=1S/C14H12N4O4S/c19-23(20,10-3-4-12-13(8-10)22-7-6-21-12)17-11-2-1-5-18-9-15-16-14(11)18/h1-5,8-9,17H,6-7H2. The maximum Gasteiger partial charge on any atom is 0.262 e. The first-order chi connectivity index (χ1) is 11.1. The van der Waals surface area contributed by atoms with Gasteiger partial charge in [0, 0.05) is 12.3 Å². The molecule has 0 aliphatic carbocycles. The zero-order valence-corrected chi connectivity index (χ0v) is 12.7. The summed E-state index contributed by atoms with van der Waals surface area (Å²) in [6, 6.07) is 7.83. The second-order valence-electron chi connectivity index (χ2n) is 4.89. The molecule has 0 saturated heterocycles. The van der Waals surface area contributed by atoms with Crippen molar-refractivity contribution in [3.63, 3.8) is 0 Å². The Morgan fingerprint density at radius 3 is 2.83 bits per heavy atom. The van der Waals surface area contributed by atoms with Crippen LogP contribution in [0.2, 0.25) is 0 Å². The fourth-order valence-corrected chi connectivity index (χ4v) is 3.40. The highest BCUT2D eigenvalue weighted by Crippen LogP contribution is 2.32. The summed E-state index contributed by atoms with van der Waals surface area (Å²) in [7, 11) is -3.78. The van der Waals surface area contributed by atoms with Crippen molar-refractivity contribution in [2.75, 3.05) is 17.9 Å². The summed E-state index contributed by atoms with van der Waals surface area (Å²) >= 11 is 0. The number of benzene rings is 1. The molecule has 3 aromatic rings. The Kier molecular flexibility index (Phi) is 3.08. The van der Waals surface area contributed by atoms with E-state index in [1.807, 2.05) is 0 Å². The molecule has 1 N–H and O–H groups in total. The highest BCUT2D eigenvalue weighted by atomic mass is 32.2. The Morgan fingerprint density at radius 2 is 1.96 bits per heavy atom. The molecule has 9 heteroatoms. The third kappa shape index (κ3) is 2.44. The molecule has 0 saturated carbocycles. The fraction of sp³-hybridized carbons (Fsp3) is 0.143. The summed E-state index contributed by atoms with van der Waals surface area (Å²) in [5, 5.41) is 7.67. The van der Waals surface area contributed by atoms with Crippen LogP contribution >= 0.6 is 0 Å². The van der Waals surface area contributed by atoms with Crippen molar-refractivity contribution in [2.45, 2.75) is 4.90 Å². The minimum absolute atomic E-state index is 0.0864. The lowest BCUT2D eigenvalue weighted by atomic mass is 10.3. The number of fused-ring (bicyclic) bond motifs is 2. The van der Waals surface area contributed by atoms with Crippen molar-refractivity contribution in [3.8, 4) is 11.5 Å². The summed E-state index contributed by atoms with van der Waals surface area (Å²) in [5.41, 5.74) is 0.772. The van der Waals surface area contributed by atoms with Gasteiger partial charge in [-0.25, -0.2) is 8.42 Å². The van der Waals surface area contributed by atoms with Crippen LogP contribution in [-0.4, -0.2) is 36.2 Å². The largest absolute Gasteiger partial charge is 0.486 e. The van der Waals surface area contributed by atoms with Crippen LogP contribution in [0.25, 0.3) is 5.65 Å². The van der Waals surface area contributed by atoms with Gasteiger partial charge in [-0.3, -0.25) is 9.12 Å². The van der Waals surface area contributed by atoms with Gasteiger partial charge < -0.3 is 9.47 Å². The van der Waals surface area contributed by atoms with Gasteiger partial charge in [0.15, 0.2) is 17.1 Å². The summed E-state index contributed by atoms with van der Waals surface area (Å²) in [6.45, 7) is 0.842. The molecule has 0 bridgehead atoms. The number of pyridine rings is 1. The Bertz CT molecular complexity index is 983. The average Bonchev–Trinajstić information content (AvgIpc) is 3.04. The number of aromatic nitrogens is 3. The van der Waals surface area contributed by atoms with Gasteiger partial charge in [-0.15, -0.1) is 10.2 Å². The van der Waals surface area contributed by atoms with Crippen molar-refractivity contribution < 1.29 is 17.9 Å². The second kappa shape index (κ2) is 5.13. The molecule has 2 aromatic heterocycles. The first-order valence-corrected chi connectivity index (χ1v) is 8.33. The molecule has 1 aliphatic heterocycles. The van der Waals surface area contributed by atoms with Crippen LogP contribution in [0, 0.1) is 0 Å². The molecule has 0 amide bonds. The van der Waals surface area contributed by atoms with Crippen LogP contribution in [0.4, 0.5) is 5.69 Å². The Balaban J connectivity index is 1.72. The first kappa shape index (κ1) is 13.8. The summed E-state index contributed by atoms with van der Waals surface area (Å²) in [5.74, 6) is 0.953. The number of anilines is 1. The van der Waals surface area contributed by atoms with Crippen molar-refractivity contribution in [1.82, 2.24) is 14.6 Å². The van der Waals surface area contributed by atoms with E-state index < -0.39 is 10.0 Å². The summed E-state index contributed by atoms with van der Waals surface area (Å²) in [6.07, 6.45) is 3.23. The molecule has 0 spiro atoms. The van der Waals surface area contributed by atoms with Crippen molar-refractivity contribution in [2.24, 2.45) is 0 Å². The third-order valence-corrected chi connectivity index (χ3v) is 4.75. The predicted octanol–water partition coefficient (Wildman–Crippen LogP) is 1.30. The average molecular weight is 332 g/mol. The van der Waals surface area contributed by atoms with E-state index in [4.69, 9.17) is 9.47 Å². The van der Waals surface area contributed by atoms with Gasteiger partial charge in [-0.05, 0) is 24.3 Å². The van der Waals surface area contributed by atoms with E-state index in [-0.39, 0.29) is 4.90 Å². The van der Waals surface area contributed by atoms with Crippen LogP contribution in [0.5, 0.6) is 11.5 Å². The van der Waals surface area contributed by atoms with Gasteiger partial charge in [-0.2, -0.15) is 0 Å². The molecule has 0 fully saturated rings. The van der Waals surface area contributed by atoms with Gasteiger partial charge >= 0.3 is 0 Å². The maximum absolute atomic E-state index is 12.6. The number of nitrogens with zero attached hydrogens (tertiary/aromatic N) is 3. The number of sulfonamides is 1. The lowest BCUT2D eigenvalue weighted by Crippen LogP contribution is -2.17. The normalized spacial score (nSPS) is 13.9. The molecule has 0 unspecified atom stereocenters. The van der Waals surface area contributed by atoms with Crippen molar-refractivity contribution >= 4 is 21.4 Å². The van der Waals surface area contributed by atoms with E-state index in [0.29, 0.717) is 36.0 Å². The predicted molar refractivity (Wildman–Crippen MR) is 81.2 cm³/mol. The van der Waals surface area contributed by atoms with Gasteiger partial charge in [0.2, 0.25) is 0 Å². The van der Waals surface area contributed by atoms with Gasteiger partial charge in [0.1, 0.15) is 19.5 Å². The van der Waals surface area contributed by atoms with Crippen LogP contribution in [-0.2, 0) is 10.0 Å². The molecule has 118 valence electrons. The second-order valence-corrected chi connectivity index (χ2v) is 6.58. The minimum Gasteiger partial charge on any atom is -0.486 e. The summed E-state index contributed by atoms with van der Waals surface area (Å²) < 4.78 is 40.1. The molecule has 1 aliphatic rings. The quantitative estimate of drug-likeness (QED) is 0.777. The van der Waals surface area contributed by atoms with Gasteiger partial charge in [0.05, 0.1) is 10.6 Å². The van der Waals surface area contributed by atoms with Crippen LogP contribution < -0.4 is 14.2 Å². The Labute approximate surface area is 131 Å². The van der Waals surface area contributed by atoms with Gasteiger partial charge in [-0.1, -0.05) is 0 Å². The van der Waals surface area contributed by atoms with E-state index in [1.54, 1.807) is 28.8 Å². The Hall–Kier alpha value is -2.81. The first-order valence-electron chi connectivity index (χ1n) is 6.84. The monoisotopic (exact) mass is 332 g/mol. The van der Waals surface area contributed by atoms with E-state index in [2.05, 4.69) is 14.9 Å². The molecule has 0 radical (unpaired) electrons. The number of ether oxygens (including phenoxy) is 2. The van der Waals surface area contributed by atoms with Crippen LogP contribution in [0.15, 0.2) is 47.8 Å². The number of nitrogens with one attached hydrogen (secondary N) is 1. The van der Waals surface area contributed by atoms with E-state index in [9.17, 15) is 8.42 Å². The lowest BCUT2D eigenvalue weighted by molar-refractivity contribution is 0.171. The molecule has 1 aromatic carbocycles. The Morgan fingerprint density at radius 1 is 1.13 bits per heavy atom. The van der Waals surface area contributed by atoms with Crippen molar-refractivity contribution in [1.29, 1.82) is 0 Å². The molecule has 4 rings (SSSR count). The maximum atomic E-state index is 12.6. The number of rotatable bonds is 3. The molecule has 8 nitrogen and oxygen atoms in total. The molecule has 0 atom stereocenters. The summed E-state index contributed by atoms with van der Waals surface area (Å²) in [4.78, 5) is 0.0864. The van der Waals surface area contributed by atoms with Crippen LogP contribution in [0.3, 0.4) is 0 Å². The van der Waals surface area contributed by atoms with Crippen molar-refractivity contribution in [3.05, 3.63) is 42.9 Å². The fourth-order valence-electron chi connectivity index (χ4n) is 2.33. The topological polar surface area (TPSA) is 94.8 Å². The number of hydrogen-bond donors (Lipinski definition) is 1.